The second-order valence-electron chi connectivity index (χ2n) is 5.78. The number of carbonyl (C=O) groups is 2. The maximum Gasteiger partial charge on any atom is 0.387 e. The Kier molecular flexibility index (Phi) is 5.52. The second kappa shape index (κ2) is 7.39. The van der Waals surface area contributed by atoms with Crippen molar-refractivity contribution in [3.8, 4) is 5.75 Å². The molecular formula is C16H20F2N2O3. The van der Waals surface area contributed by atoms with E-state index in [0.717, 1.165) is 5.56 Å². The van der Waals surface area contributed by atoms with Crippen molar-refractivity contribution in [3.05, 3.63) is 29.8 Å². The first-order valence-corrected chi connectivity index (χ1v) is 7.47. The molecule has 0 radical (unpaired) electrons. The highest BCUT2D eigenvalue weighted by Gasteiger charge is 2.35. The van der Waals surface area contributed by atoms with Crippen LogP contribution in [-0.4, -0.2) is 35.9 Å². The van der Waals surface area contributed by atoms with Gasteiger partial charge >= 0.3 is 6.61 Å². The van der Waals surface area contributed by atoms with Crippen molar-refractivity contribution < 1.29 is 23.1 Å². The molecule has 0 saturated carbocycles. The number of hydrogen-bond acceptors (Lipinski definition) is 3. The van der Waals surface area contributed by atoms with Gasteiger partial charge in [0.2, 0.25) is 11.8 Å². The van der Waals surface area contributed by atoms with Crippen LogP contribution in [0.3, 0.4) is 0 Å². The molecule has 1 unspecified atom stereocenters. The van der Waals surface area contributed by atoms with Crippen LogP contribution in [0, 0.1) is 5.92 Å². The number of likely N-dealkylation sites (tertiary alicyclic amines) is 1. The average Bonchev–Trinajstić information content (AvgIpc) is 2.88. The van der Waals surface area contributed by atoms with Crippen molar-refractivity contribution in [2.24, 2.45) is 5.92 Å². The molecule has 1 heterocycles. The predicted molar refractivity (Wildman–Crippen MR) is 79.9 cm³/mol. The molecule has 2 amide bonds. The summed E-state index contributed by atoms with van der Waals surface area (Å²) < 4.78 is 28.4. The van der Waals surface area contributed by atoms with Gasteiger partial charge < -0.3 is 15.0 Å². The lowest BCUT2D eigenvalue weighted by molar-refractivity contribution is -0.130. The first-order chi connectivity index (χ1) is 10.9. The number of nitrogens with zero attached hydrogens (tertiary/aromatic N) is 1. The second-order valence-corrected chi connectivity index (χ2v) is 5.78. The number of halogens is 2. The van der Waals surface area contributed by atoms with Gasteiger partial charge in [-0.25, -0.2) is 0 Å². The highest BCUT2D eigenvalue weighted by molar-refractivity contribution is 5.89. The molecule has 1 aromatic rings. The zero-order chi connectivity index (χ0) is 17.0. The molecule has 1 N–H and O–H groups in total. The number of alkyl halides is 2. The Morgan fingerprint density at radius 3 is 2.52 bits per heavy atom. The molecule has 1 atom stereocenters. The van der Waals surface area contributed by atoms with Crippen LogP contribution in [0.5, 0.6) is 5.75 Å². The summed E-state index contributed by atoms with van der Waals surface area (Å²) in [6.45, 7) is 1.69. The highest BCUT2D eigenvalue weighted by Crippen LogP contribution is 2.20. The summed E-state index contributed by atoms with van der Waals surface area (Å²) in [6.07, 6.45) is 0.227. The summed E-state index contributed by atoms with van der Waals surface area (Å²) in [5.74, 6) is -0.446. The molecule has 0 aromatic heterocycles. The van der Waals surface area contributed by atoms with Crippen molar-refractivity contribution in [2.45, 2.75) is 39.5 Å². The fraction of sp³-hybridized carbons (Fsp3) is 0.500. The normalized spacial score (nSPS) is 17.9. The number of hydrogen-bond donors (Lipinski definition) is 1. The Bertz CT molecular complexity index is 561. The van der Waals surface area contributed by atoms with E-state index in [1.165, 1.54) is 12.1 Å². The molecule has 7 heteroatoms. The van der Waals surface area contributed by atoms with Crippen LogP contribution in [0.1, 0.15) is 25.8 Å². The van der Waals surface area contributed by atoms with Gasteiger partial charge in [0.15, 0.2) is 0 Å². The molecule has 23 heavy (non-hydrogen) atoms. The summed E-state index contributed by atoms with van der Waals surface area (Å²) in [7, 11) is 0. The Balaban J connectivity index is 1.84. The van der Waals surface area contributed by atoms with E-state index in [-0.39, 0.29) is 42.5 Å². The quantitative estimate of drug-likeness (QED) is 0.871. The zero-order valence-corrected chi connectivity index (χ0v) is 13.1. The van der Waals surface area contributed by atoms with Gasteiger partial charge in [-0.2, -0.15) is 8.78 Å². The van der Waals surface area contributed by atoms with E-state index in [1.807, 2.05) is 13.8 Å². The Hall–Kier alpha value is -2.18. The first-order valence-electron chi connectivity index (χ1n) is 7.47. The lowest BCUT2D eigenvalue weighted by atomic mass is 10.1. The fourth-order valence-electron chi connectivity index (χ4n) is 2.53. The minimum Gasteiger partial charge on any atom is -0.435 e. The third-order valence-corrected chi connectivity index (χ3v) is 3.77. The number of carbonyl (C=O) groups excluding carboxylic acids is 2. The van der Waals surface area contributed by atoms with Crippen LogP contribution in [0.25, 0.3) is 0 Å². The molecular weight excluding hydrogens is 306 g/mol. The molecule has 1 aromatic carbocycles. The summed E-state index contributed by atoms with van der Waals surface area (Å²) in [6, 6.07) is 6.15. The number of benzene rings is 1. The number of amides is 2. The minimum atomic E-state index is -2.86. The molecule has 2 rings (SSSR count). The van der Waals surface area contributed by atoms with E-state index in [0.29, 0.717) is 6.54 Å². The molecule has 5 nitrogen and oxygen atoms in total. The smallest absolute Gasteiger partial charge is 0.387 e. The van der Waals surface area contributed by atoms with Crippen LogP contribution in [0.15, 0.2) is 24.3 Å². The van der Waals surface area contributed by atoms with Crippen molar-refractivity contribution in [3.63, 3.8) is 0 Å². The Morgan fingerprint density at radius 1 is 1.35 bits per heavy atom. The summed E-state index contributed by atoms with van der Waals surface area (Å²) >= 11 is 0. The van der Waals surface area contributed by atoms with Gasteiger partial charge in [-0.1, -0.05) is 12.1 Å². The van der Waals surface area contributed by atoms with Crippen LogP contribution in [0.2, 0.25) is 0 Å². The maximum absolute atomic E-state index is 12.1. The zero-order valence-electron chi connectivity index (χ0n) is 13.1. The van der Waals surface area contributed by atoms with Crippen LogP contribution in [-0.2, 0) is 16.1 Å². The van der Waals surface area contributed by atoms with E-state index < -0.39 is 6.61 Å². The van der Waals surface area contributed by atoms with Crippen LogP contribution < -0.4 is 10.1 Å². The molecule has 1 aliphatic rings. The lowest BCUT2D eigenvalue weighted by Crippen LogP contribution is -2.35. The van der Waals surface area contributed by atoms with Crippen LogP contribution >= 0.6 is 0 Å². The molecule has 1 saturated heterocycles. The van der Waals surface area contributed by atoms with Gasteiger partial charge in [-0.05, 0) is 31.5 Å². The summed E-state index contributed by atoms with van der Waals surface area (Å²) in [5.41, 5.74) is 0.769. The van der Waals surface area contributed by atoms with Gasteiger partial charge in [0.1, 0.15) is 5.75 Å². The van der Waals surface area contributed by atoms with Crippen molar-refractivity contribution in [1.82, 2.24) is 10.2 Å². The molecule has 0 aliphatic carbocycles. The molecule has 0 bridgehead atoms. The third-order valence-electron chi connectivity index (χ3n) is 3.77. The van der Waals surface area contributed by atoms with Crippen molar-refractivity contribution >= 4 is 11.8 Å². The average molecular weight is 326 g/mol. The third kappa shape index (κ3) is 4.64. The first kappa shape index (κ1) is 17.2. The van der Waals surface area contributed by atoms with Gasteiger partial charge in [0, 0.05) is 25.6 Å². The van der Waals surface area contributed by atoms with Gasteiger partial charge in [0.25, 0.3) is 0 Å². The fourth-order valence-corrected chi connectivity index (χ4v) is 2.53. The van der Waals surface area contributed by atoms with E-state index in [2.05, 4.69) is 10.1 Å². The van der Waals surface area contributed by atoms with Crippen molar-refractivity contribution in [2.75, 3.05) is 6.54 Å². The van der Waals surface area contributed by atoms with Crippen LogP contribution in [0.4, 0.5) is 8.78 Å². The largest absolute Gasteiger partial charge is 0.435 e. The molecule has 1 fully saturated rings. The Morgan fingerprint density at radius 2 is 2.00 bits per heavy atom. The topological polar surface area (TPSA) is 58.6 Å². The monoisotopic (exact) mass is 326 g/mol. The minimum absolute atomic E-state index is 0.00588. The SMILES string of the molecule is CC(C)N1CC(C(=O)NCc2ccc(OC(F)F)cc2)CC1=O. The van der Waals surface area contributed by atoms with E-state index in [1.54, 1.807) is 17.0 Å². The van der Waals surface area contributed by atoms with Crippen molar-refractivity contribution in [1.29, 1.82) is 0 Å². The van der Waals surface area contributed by atoms with Gasteiger partial charge in [-0.15, -0.1) is 0 Å². The molecule has 126 valence electrons. The highest BCUT2D eigenvalue weighted by atomic mass is 19.3. The Labute approximate surface area is 133 Å². The van der Waals surface area contributed by atoms with E-state index in [9.17, 15) is 18.4 Å². The summed E-state index contributed by atoms with van der Waals surface area (Å²) in [5, 5.41) is 2.77. The number of nitrogens with one attached hydrogen (secondary N) is 1. The van der Waals surface area contributed by atoms with Gasteiger partial charge in [0.05, 0.1) is 5.92 Å². The number of ether oxygens (including phenoxy) is 1. The predicted octanol–water partition coefficient (Wildman–Crippen LogP) is 2.16. The lowest BCUT2D eigenvalue weighted by Gasteiger charge is -2.20. The van der Waals surface area contributed by atoms with E-state index in [4.69, 9.17) is 0 Å². The van der Waals surface area contributed by atoms with Gasteiger partial charge in [-0.3, -0.25) is 9.59 Å². The summed E-state index contributed by atoms with van der Waals surface area (Å²) in [4.78, 5) is 25.6. The molecule has 0 spiro atoms. The van der Waals surface area contributed by atoms with E-state index >= 15 is 0 Å². The number of rotatable bonds is 6. The maximum atomic E-state index is 12.1. The molecule has 1 aliphatic heterocycles. The standard InChI is InChI=1S/C16H20F2N2O3/c1-10(2)20-9-12(7-14(20)21)15(22)19-8-11-3-5-13(6-4-11)23-16(17)18/h3-6,10,12,16H,7-9H2,1-2H3,(H,19,22).